The second-order valence-electron chi connectivity index (χ2n) is 4.28. The highest BCUT2D eigenvalue weighted by molar-refractivity contribution is 5.65. The molecule has 2 rings (SSSR count). The fourth-order valence-electron chi connectivity index (χ4n) is 1.90. The molecule has 94 valence electrons. The predicted molar refractivity (Wildman–Crippen MR) is 73.6 cm³/mol. The number of para-hydroxylation sites is 1. The van der Waals surface area contributed by atoms with E-state index in [9.17, 15) is 4.39 Å². The van der Waals surface area contributed by atoms with Crippen molar-refractivity contribution in [2.45, 2.75) is 13.3 Å². The van der Waals surface area contributed by atoms with E-state index in [4.69, 9.17) is 5.73 Å². The molecular formula is C15H17FN2. The molecular weight excluding hydrogens is 227 g/mol. The summed E-state index contributed by atoms with van der Waals surface area (Å²) in [4.78, 5) is 0. The molecule has 0 aliphatic heterocycles. The highest BCUT2D eigenvalue weighted by Gasteiger charge is 2.05. The first-order chi connectivity index (χ1) is 8.70. The van der Waals surface area contributed by atoms with E-state index in [-0.39, 0.29) is 5.82 Å². The lowest BCUT2D eigenvalue weighted by atomic mass is 10.1. The molecule has 0 unspecified atom stereocenters. The molecule has 0 atom stereocenters. The zero-order chi connectivity index (χ0) is 13.0. The fourth-order valence-corrected chi connectivity index (χ4v) is 1.90. The van der Waals surface area contributed by atoms with E-state index >= 15 is 0 Å². The quantitative estimate of drug-likeness (QED) is 0.865. The fraction of sp³-hybridized carbons (Fsp3) is 0.200. The Hall–Kier alpha value is -1.87. The standard InChI is InChI=1S/C15H17FN2/c1-11-4-2-3-5-14(11)18-15-7-6-13(16)10-12(15)8-9-17/h2-7,10,18H,8-9,17H2,1H3. The van der Waals surface area contributed by atoms with Crippen molar-refractivity contribution >= 4 is 11.4 Å². The summed E-state index contributed by atoms with van der Waals surface area (Å²) in [5.41, 5.74) is 9.55. The summed E-state index contributed by atoms with van der Waals surface area (Å²) >= 11 is 0. The summed E-state index contributed by atoms with van der Waals surface area (Å²) in [5.74, 6) is -0.228. The lowest BCUT2D eigenvalue weighted by molar-refractivity contribution is 0.625. The number of rotatable bonds is 4. The number of hydrogen-bond acceptors (Lipinski definition) is 2. The van der Waals surface area contributed by atoms with Crippen LogP contribution in [0, 0.1) is 12.7 Å². The number of halogens is 1. The lowest BCUT2D eigenvalue weighted by Crippen LogP contribution is -2.06. The third kappa shape index (κ3) is 2.87. The van der Waals surface area contributed by atoms with Gasteiger partial charge < -0.3 is 11.1 Å². The van der Waals surface area contributed by atoms with E-state index in [1.165, 1.54) is 12.1 Å². The monoisotopic (exact) mass is 244 g/mol. The van der Waals surface area contributed by atoms with E-state index in [0.29, 0.717) is 13.0 Å². The largest absolute Gasteiger partial charge is 0.355 e. The Kier molecular flexibility index (Phi) is 3.95. The molecule has 0 spiro atoms. The van der Waals surface area contributed by atoms with Gasteiger partial charge in [-0.15, -0.1) is 0 Å². The van der Waals surface area contributed by atoms with Crippen LogP contribution in [0.4, 0.5) is 15.8 Å². The van der Waals surface area contributed by atoms with Gasteiger partial charge in [0.25, 0.3) is 0 Å². The van der Waals surface area contributed by atoms with Crippen molar-refractivity contribution in [1.29, 1.82) is 0 Å². The van der Waals surface area contributed by atoms with Crippen molar-refractivity contribution in [2.75, 3.05) is 11.9 Å². The van der Waals surface area contributed by atoms with Crippen molar-refractivity contribution in [3.05, 3.63) is 59.4 Å². The van der Waals surface area contributed by atoms with Crippen molar-refractivity contribution < 1.29 is 4.39 Å². The van der Waals surface area contributed by atoms with Crippen LogP contribution in [-0.4, -0.2) is 6.54 Å². The maximum absolute atomic E-state index is 13.2. The molecule has 0 saturated carbocycles. The molecule has 3 N–H and O–H groups in total. The summed E-state index contributed by atoms with van der Waals surface area (Å²) < 4.78 is 13.2. The second-order valence-corrected chi connectivity index (χ2v) is 4.28. The van der Waals surface area contributed by atoms with Gasteiger partial charge in [-0.25, -0.2) is 4.39 Å². The minimum Gasteiger partial charge on any atom is -0.355 e. The number of nitrogens with one attached hydrogen (secondary N) is 1. The molecule has 0 saturated heterocycles. The summed E-state index contributed by atoms with van der Waals surface area (Å²) in [6, 6.07) is 12.8. The highest BCUT2D eigenvalue weighted by atomic mass is 19.1. The van der Waals surface area contributed by atoms with Gasteiger partial charge in [0.1, 0.15) is 5.82 Å². The van der Waals surface area contributed by atoms with Crippen LogP contribution < -0.4 is 11.1 Å². The van der Waals surface area contributed by atoms with Gasteiger partial charge in [0.2, 0.25) is 0 Å². The van der Waals surface area contributed by atoms with Crippen LogP contribution in [-0.2, 0) is 6.42 Å². The number of benzene rings is 2. The Labute approximate surface area is 107 Å². The summed E-state index contributed by atoms with van der Waals surface area (Å²) in [7, 11) is 0. The predicted octanol–water partition coefficient (Wildman–Crippen LogP) is 3.38. The van der Waals surface area contributed by atoms with Gasteiger partial charge in [-0.05, 0) is 55.3 Å². The van der Waals surface area contributed by atoms with Gasteiger partial charge in [0.05, 0.1) is 0 Å². The third-order valence-electron chi connectivity index (χ3n) is 2.90. The molecule has 0 aromatic heterocycles. The van der Waals surface area contributed by atoms with Gasteiger partial charge in [-0.1, -0.05) is 18.2 Å². The molecule has 2 aromatic rings. The SMILES string of the molecule is Cc1ccccc1Nc1ccc(F)cc1CCN. The molecule has 0 aliphatic rings. The minimum atomic E-state index is -0.228. The Bertz CT molecular complexity index is 538. The molecule has 0 radical (unpaired) electrons. The van der Waals surface area contributed by atoms with E-state index in [2.05, 4.69) is 5.32 Å². The molecule has 2 nitrogen and oxygen atoms in total. The topological polar surface area (TPSA) is 38.0 Å². The first kappa shape index (κ1) is 12.6. The molecule has 3 heteroatoms. The highest BCUT2D eigenvalue weighted by Crippen LogP contribution is 2.24. The van der Waals surface area contributed by atoms with Gasteiger partial charge in [0, 0.05) is 11.4 Å². The molecule has 0 amide bonds. The molecule has 0 aliphatic carbocycles. The van der Waals surface area contributed by atoms with E-state index in [1.807, 2.05) is 31.2 Å². The summed E-state index contributed by atoms with van der Waals surface area (Å²) in [5, 5.41) is 3.33. The Morgan fingerprint density at radius 2 is 1.89 bits per heavy atom. The normalized spacial score (nSPS) is 10.4. The first-order valence-corrected chi connectivity index (χ1v) is 6.02. The van der Waals surface area contributed by atoms with Crippen molar-refractivity contribution in [3.8, 4) is 0 Å². The molecule has 0 heterocycles. The zero-order valence-electron chi connectivity index (χ0n) is 10.4. The van der Waals surface area contributed by atoms with Crippen LogP contribution in [0.5, 0.6) is 0 Å². The van der Waals surface area contributed by atoms with Crippen LogP contribution >= 0.6 is 0 Å². The smallest absolute Gasteiger partial charge is 0.123 e. The van der Waals surface area contributed by atoms with Crippen molar-refractivity contribution in [1.82, 2.24) is 0 Å². The average Bonchev–Trinajstić information content (AvgIpc) is 2.35. The van der Waals surface area contributed by atoms with Crippen LogP contribution in [0.1, 0.15) is 11.1 Å². The van der Waals surface area contributed by atoms with E-state index < -0.39 is 0 Å². The van der Waals surface area contributed by atoms with Crippen LogP contribution in [0.15, 0.2) is 42.5 Å². The number of anilines is 2. The lowest BCUT2D eigenvalue weighted by Gasteiger charge is -2.13. The van der Waals surface area contributed by atoms with Crippen molar-refractivity contribution in [3.63, 3.8) is 0 Å². The Morgan fingerprint density at radius 3 is 2.61 bits per heavy atom. The maximum Gasteiger partial charge on any atom is 0.123 e. The zero-order valence-corrected chi connectivity index (χ0v) is 10.4. The van der Waals surface area contributed by atoms with E-state index in [0.717, 1.165) is 22.5 Å². The first-order valence-electron chi connectivity index (χ1n) is 6.02. The van der Waals surface area contributed by atoms with Gasteiger partial charge in [-0.3, -0.25) is 0 Å². The van der Waals surface area contributed by atoms with Crippen LogP contribution in [0.25, 0.3) is 0 Å². The summed E-state index contributed by atoms with van der Waals surface area (Å²) in [6.07, 6.45) is 0.659. The summed E-state index contributed by atoms with van der Waals surface area (Å²) in [6.45, 7) is 2.54. The van der Waals surface area contributed by atoms with E-state index in [1.54, 1.807) is 6.07 Å². The Balaban J connectivity index is 2.31. The molecule has 2 aromatic carbocycles. The Morgan fingerprint density at radius 1 is 1.11 bits per heavy atom. The number of hydrogen-bond donors (Lipinski definition) is 2. The third-order valence-corrected chi connectivity index (χ3v) is 2.90. The van der Waals surface area contributed by atoms with Gasteiger partial charge in [-0.2, -0.15) is 0 Å². The van der Waals surface area contributed by atoms with Crippen LogP contribution in [0.2, 0.25) is 0 Å². The minimum absolute atomic E-state index is 0.228. The average molecular weight is 244 g/mol. The number of aryl methyl sites for hydroxylation is 1. The van der Waals surface area contributed by atoms with Crippen molar-refractivity contribution in [2.24, 2.45) is 5.73 Å². The molecule has 18 heavy (non-hydrogen) atoms. The van der Waals surface area contributed by atoms with Crippen LogP contribution in [0.3, 0.4) is 0 Å². The number of nitrogens with two attached hydrogens (primary N) is 1. The molecule has 0 bridgehead atoms. The van der Waals surface area contributed by atoms with Gasteiger partial charge in [0.15, 0.2) is 0 Å². The maximum atomic E-state index is 13.2. The molecule has 0 fully saturated rings. The second kappa shape index (κ2) is 5.65. The van der Waals surface area contributed by atoms with Gasteiger partial charge >= 0.3 is 0 Å².